The van der Waals surface area contributed by atoms with Crippen LogP contribution in [0.3, 0.4) is 0 Å². The van der Waals surface area contributed by atoms with Crippen molar-refractivity contribution in [3.8, 4) is 0 Å². The lowest BCUT2D eigenvalue weighted by atomic mass is 10.2. The van der Waals surface area contributed by atoms with Gasteiger partial charge in [0.1, 0.15) is 5.82 Å². The second kappa shape index (κ2) is 12.7. The highest BCUT2D eigenvalue weighted by Gasteiger charge is 1.99. The van der Waals surface area contributed by atoms with Crippen molar-refractivity contribution in [3.05, 3.63) is 36.4 Å². The summed E-state index contributed by atoms with van der Waals surface area (Å²) in [5, 5.41) is 11.0. The van der Waals surface area contributed by atoms with Gasteiger partial charge in [0, 0.05) is 31.6 Å². The molecule has 0 aliphatic carbocycles. The van der Waals surface area contributed by atoms with Gasteiger partial charge in [0.15, 0.2) is 5.96 Å². The van der Waals surface area contributed by atoms with Crippen molar-refractivity contribution in [3.63, 3.8) is 0 Å². The van der Waals surface area contributed by atoms with Crippen LogP contribution in [0.15, 0.2) is 41.4 Å². The van der Waals surface area contributed by atoms with E-state index in [1.807, 2.05) is 31.2 Å². The number of benzene rings is 1. The van der Waals surface area contributed by atoms with E-state index >= 15 is 0 Å². The molecular weight excluding hydrogens is 429 g/mol. The molecule has 0 fully saturated rings. The molecule has 7 heteroatoms. The number of nitrogens with zero attached hydrogens (tertiary/aromatic N) is 2. The van der Waals surface area contributed by atoms with E-state index in [2.05, 4.69) is 45.0 Å². The molecule has 0 aliphatic rings. The van der Waals surface area contributed by atoms with Crippen molar-refractivity contribution < 1.29 is 4.74 Å². The molecule has 3 N–H and O–H groups in total. The third-order valence-corrected chi connectivity index (χ3v) is 3.38. The molecule has 2 rings (SSSR count). The van der Waals surface area contributed by atoms with Gasteiger partial charge in [-0.05, 0) is 32.0 Å². The number of anilines is 1. The molecule has 138 valence electrons. The molecule has 1 aromatic carbocycles. The van der Waals surface area contributed by atoms with Crippen LogP contribution in [0.4, 0.5) is 5.82 Å². The monoisotopic (exact) mass is 457 g/mol. The van der Waals surface area contributed by atoms with Crippen LogP contribution in [-0.2, 0) is 4.74 Å². The quantitative estimate of drug-likeness (QED) is 0.234. The molecule has 0 unspecified atom stereocenters. The molecule has 0 amide bonds. The average molecular weight is 457 g/mol. The summed E-state index contributed by atoms with van der Waals surface area (Å²) in [6.45, 7) is 8.42. The maximum Gasteiger partial charge on any atom is 0.191 e. The maximum atomic E-state index is 5.30. The fourth-order valence-electron chi connectivity index (χ4n) is 2.24. The van der Waals surface area contributed by atoms with Crippen LogP contribution in [-0.4, -0.2) is 50.3 Å². The summed E-state index contributed by atoms with van der Waals surface area (Å²) in [6.07, 6.45) is 0. The first-order valence-electron chi connectivity index (χ1n) is 8.53. The number of pyridine rings is 1. The van der Waals surface area contributed by atoms with E-state index in [0.717, 1.165) is 48.9 Å². The summed E-state index contributed by atoms with van der Waals surface area (Å²) < 4.78 is 5.30. The zero-order chi connectivity index (χ0) is 17.0. The van der Waals surface area contributed by atoms with Crippen LogP contribution in [0, 0.1) is 0 Å². The summed E-state index contributed by atoms with van der Waals surface area (Å²) >= 11 is 0. The largest absolute Gasteiger partial charge is 0.380 e. The molecule has 0 aliphatic heterocycles. The number of nitrogens with one attached hydrogen (secondary N) is 3. The number of aromatic nitrogens is 1. The summed E-state index contributed by atoms with van der Waals surface area (Å²) in [4.78, 5) is 9.06. The number of aliphatic imine (C=N–C) groups is 1. The third kappa shape index (κ3) is 7.87. The number of fused-ring (bicyclic) bond motifs is 1. The predicted molar refractivity (Wildman–Crippen MR) is 116 cm³/mol. The minimum absolute atomic E-state index is 0. The summed E-state index contributed by atoms with van der Waals surface area (Å²) in [6, 6.07) is 12.2. The van der Waals surface area contributed by atoms with Crippen LogP contribution in [0.1, 0.15) is 13.8 Å². The Balaban J connectivity index is 0.00000312. The van der Waals surface area contributed by atoms with E-state index in [-0.39, 0.29) is 24.0 Å². The van der Waals surface area contributed by atoms with E-state index in [0.29, 0.717) is 13.2 Å². The topological polar surface area (TPSA) is 70.6 Å². The molecule has 25 heavy (non-hydrogen) atoms. The minimum atomic E-state index is 0. The van der Waals surface area contributed by atoms with Crippen molar-refractivity contribution in [1.29, 1.82) is 0 Å². The molecular formula is C18H28IN5O. The van der Waals surface area contributed by atoms with Gasteiger partial charge >= 0.3 is 0 Å². The molecule has 1 aromatic heterocycles. The first-order chi connectivity index (χ1) is 11.8. The number of ether oxygens (including phenoxy) is 1. The average Bonchev–Trinajstić information content (AvgIpc) is 2.62. The molecule has 2 aromatic rings. The fourth-order valence-corrected chi connectivity index (χ4v) is 2.24. The smallest absolute Gasteiger partial charge is 0.191 e. The Morgan fingerprint density at radius 1 is 1.08 bits per heavy atom. The number of hydrogen-bond acceptors (Lipinski definition) is 4. The van der Waals surface area contributed by atoms with E-state index in [1.165, 1.54) is 0 Å². The van der Waals surface area contributed by atoms with Crippen LogP contribution in [0.2, 0.25) is 0 Å². The number of rotatable bonds is 9. The molecule has 0 saturated carbocycles. The second-order valence-corrected chi connectivity index (χ2v) is 5.20. The first kappa shape index (κ1) is 21.4. The van der Waals surface area contributed by atoms with E-state index in [4.69, 9.17) is 4.74 Å². The first-order valence-corrected chi connectivity index (χ1v) is 8.53. The highest BCUT2D eigenvalue weighted by atomic mass is 127. The van der Waals surface area contributed by atoms with Gasteiger partial charge in [-0.15, -0.1) is 24.0 Å². The number of hydrogen-bond donors (Lipinski definition) is 3. The SMILES string of the molecule is CCNC(=NCCOCC)NCCNc1ccc2ccccc2n1.I. The van der Waals surface area contributed by atoms with Gasteiger partial charge in [-0.3, -0.25) is 4.99 Å². The van der Waals surface area contributed by atoms with Gasteiger partial charge in [-0.25, -0.2) is 4.98 Å². The molecule has 0 atom stereocenters. The van der Waals surface area contributed by atoms with Gasteiger partial charge in [-0.2, -0.15) is 0 Å². The van der Waals surface area contributed by atoms with Gasteiger partial charge in [0.25, 0.3) is 0 Å². The third-order valence-electron chi connectivity index (χ3n) is 3.38. The Morgan fingerprint density at radius 2 is 1.92 bits per heavy atom. The van der Waals surface area contributed by atoms with Crippen LogP contribution >= 0.6 is 24.0 Å². The fraction of sp³-hybridized carbons (Fsp3) is 0.444. The Labute approximate surface area is 166 Å². The van der Waals surface area contributed by atoms with E-state index in [1.54, 1.807) is 0 Å². The number of halogens is 1. The molecule has 0 spiro atoms. The zero-order valence-corrected chi connectivity index (χ0v) is 17.2. The van der Waals surface area contributed by atoms with Crippen molar-refractivity contribution in [2.45, 2.75) is 13.8 Å². The van der Waals surface area contributed by atoms with E-state index < -0.39 is 0 Å². The lowest BCUT2D eigenvalue weighted by Gasteiger charge is -2.12. The highest BCUT2D eigenvalue weighted by molar-refractivity contribution is 14.0. The molecule has 6 nitrogen and oxygen atoms in total. The molecule has 1 heterocycles. The van der Waals surface area contributed by atoms with Gasteiger partial charge in [0.05, 0.1) is 18.7 Å². The van der Waals surface area contributed by atoms with E-state index in [9.17, 15) is 0 Å². The lowest BCUT2D eigenvalue weighted by Crippen LogP contribution is -2.39. The molecule has 0 radical (unpaired) electrons. The van der Waals surface area contributed by atoms with Crippen LogP contribution in [0.5, 0.6) is 0 Å². The van der Waals surface area contributed by atoms with Crippen molar-refractivity contribution in [1.82, 2.24) is 15.6 Å². The summed E-state index contributed by atoms with van der Waals surface area (Å²) in [7, 11) is 0. The number of para-hydroxylation sites is 1. The number of guanidine groups is 1. The summed E-state index contributed by atoms with van der Waals surface area (Å²) in [5.41, 5.74) is 1.00. The maximum absolute atomic E-state index is 5.30. The predicted octanol–water partition coefficient (Wildman–Crippen LogP) is 2.86. The normalized spacial score (nSPS) is 11.0. The molecule has 0 saturated heterocycles. The Hall–Kier alpha value is -1.61. The lowest BCUT2D eigenvalue weighted by molar-refractivity contribution is 0.155. The Kier molecular flexibility index (Phi) is 10.9. The second-order valence-electron chi connectivity index (χ2n) is 5.20. The standard InChI is InChI=1S/C18H27N5O.HI/c1-3-19-18(22-13-14-24-4-2)21-12-11-20-17-10-9-15-7-5-6-8-16(15)23-17;/h5-10H,3-4,11-14H2,1-2H3,(H,20,23)(H2,19,21,22);1H. The summed E-state index contributed by atoms with van der Waals surface area (Å²) in [5.74, 6) is 1.69. The van der Waals surface area contributed by atoms with Crippen molar-refractivity contribution in [2.75, 3.05) is 44.7 Å². The Bertz CT molecular complexity index is 650. The molecule has 0 bridgehead atoms. The van der Waals surface area contributed by atoms with Crippen LogP contribution in [0.25, 0.3) is 10.9 Å². The van der Waals surface area contributed by atoms with Crippen molar-refractivity contribution in [2.24, 2.45) is 4.99 Å². The van der Waals surface area contributed by atoms with Gasteiger partial charge < -0.3 is 20.7 Å². The zero-order valence-electron chi connectivity index (χ0n) is 14.9. The minimum Gasteiger partial charge on any atom is -0.380 e. The highest BCUT2D eigenvalue weighted by Crippen LogP contribution is 2.13. The van der Waals surface area contributed by atoms with Crippen molar-refractivity contribution >= 4 is 46.7 Å². The van der Waals surface area contributed by atoms with Gasteiger partial charge in [0.2, 0.25) is 0 Å². The van der Waals surface area contributed by atoms with Crippen LogP contribution < -0.4 is 16.0 Å². The van der Waals surface area contributed by atoms with Gasteiger partial charge in [-0.1, -0.05) is 18.2 Å². The Morgan fingerprint density at radius 3 is 2.72 bits per heavy atom.